The number of nitrogens with one attached hydrogen (secondary N) is 1. The average Bonchev–Trinajstić information content (AvgIpc) is 2.16. The molecule has 0 fully saturated rings. The minimum atomic E-state index is -1.23. The number of nitrogens with zero attached hydrogens (tertiary/aromatic N) is 1. The van der Waals surface area contributed by atoms with Gasteiger partial charge in [-0.15, -0.1) is 0 Å². The molecule has 0 atom stereocenters. The molecule has 0 aliphatic carbocycles. The van der Waals surface area contributed by atoms with Gasteiger partial charge in [-0.3, -0.25) is 0 Å². The van der Waals surface area contributed by atoms with Gasteiger partial charge in [0.25, 0.3) is 0 Å². The summed E-state index contributed by atoms with van der Waals surface area (Å²) in [4.78, 5) is 24.3. The van der Waals surface area contributed by atoms with Crippen LogP contribution in [0.2, 0.25) is 0 Å². The zero-order valence-corrected chi connectivity index (χ0v) is 9.91. The molecule has 1 heterocycles. The van der Waals surface area contributed by atoms with Gasteiger partial charge >= 0.3 is 12.0 Å². The number of carboxylic acids is 1. The van der Waals surface area contributed by atoms with E-state index in [1.54, 1.807) is 4.90 Å². The van der Waals surface area contributed by atoms with Gasteiger partial charge in [0.1, 0.15) is 5.54 Å². The van der Waals surface area contributed by atoms with Crippen LogP contribution >= 0.6 is 0 Å². The van der Waals surface area contributed by atoms with Crippen LogP contribution in [0.15, 0.2) is 11.6 Å². The first-order valence-electron chi connectivity index (χ1n) is 5.29. The fraction of sp³-hybridized carbons (Fsp3) is 0.636. The summed E-state index contributed by atoms with van der Waals surface area (Å²) in [5, 5.41) is 11.4. The third-order valence-corrected chi connectivity index (χ3v) is 2.57. The zero-order chi connectivity index (χ0) is 12.3. The van der Waals surface area contributed by atoms with Crippen molar-refractivity contribution in [3.8, 4) is 0 Å². The molecular formula is C11H18N2O3. The molecule has 16 heavy (non-hydrogen) atoms. The van der Waals surface area contributed by atoms with E-state index in [-0.39, 0.29) is 6.03 Å². The van der Waals surface area contributed by atoms with Crippen molar-refractivity contribution >= 4 is 12.0 Å². The van der Waals surface area contributed by atoms with E-state index in [1.165, 1.54) is 13.8 Å². The summed E-state index contributed by atoms with van der Waals surface area (Å²) in [5.74, 6) is -1.04. The second kappa shape index (κ2) is 4.55. The van der Waals surface area contributed by atoms with Crippen LogP contribution in [-0.2, 0) is 4.79 Å². The summed E-state index contributed by atoms with van der Waals surface area (Å²) < 4.78 is 0. The molecular weight excluding hydrogens is 208 g/mol. The molecule has 2 amide bonds. The SMILES string of the molecule is CC1=CCCN(C(=O)NC(C)(C)C(=O)O)C1. The predicted molar refractivity (Wildman–Crippen MR) is 60.2 cm³/mol. The largest absolute Gasteiger partial charge is 0.480 e. The van der Waals surface area contributed by atoms with Crippen LogP contribution in [0.4, 0.5) is 4.79 Å². The number of urea groups is 1. The molecule has 0 spiro atoms. The molecule has 90 valence electrons. The monoisotopic (exact) mass is 226 g/mol. The Labute approximate surface area is 95.1 Å². The fourth-order valence-electron chi connectivity index (χ4n) is 1.48. The van der Waals surface area contributed by atoms with Crippen molar-refractivity contribution in [3.63, 3.8) is 0 Å². The first-order chi connectivity index (χ1) is 7.33. The Kier molecular flexibility index (Phi) is 3.57. The van der Waals surface area contributed by atoms with E-state index in [1.807, 2.05) is 6.92 Å². The summed E-state index contributed by atoms with van der Waals surface area (Å²) >= 11 is 0. The molecule has 0 radical (unpaired) electrons. The van der Waals surface area contributed by atoms with E-state index in [4.69, 9.17) is 5.11 Å². The van der Waals surface area contributed by atoms with Crippen LogP contribution < -0.4 is 5.32 Å². The summed E-state index contributed by atoms with van der Waals surface area (Å²) in [6, 6.07) is -0.320. The Bertz CT molecular complexity index is 334. The van der Waals surface area contributed by atoms with Crippen LogP contribution in [-0.4, -0.2) is 40.6 Å². The number of aliphatic carboxylic acids is 1. The van der Waals surface area contributed by atoms with E-state index in [0.29, 0.717) is 13.1 Å². The quantitative estimate of drug-likeness (QED) is 0.695. The lowest BCUT2D eigenvalue weighted by Crippen LogP contribution is -2.55. The molecule has 1 aliphatic heterocycles. The van der Waals surface area contributed by atoms with Crippen molar-refractivity contribution in [2.24, 2.45) is 0 Å². The number of carbonyl (C=O) groups excluding carboxylic acids is 1. The normalized spacial score (nSPS) is 16.7. The number of amides is 2. The van der Waals surface area contributed by atoms with Gasteiger partial charge in [0, 0.05) is 13.1 Å². The number of hydrogen-bond donors (Lipinski definition) is 2. The minimum absolute atomic E-state index is 0.320. The molecule has 0 saturated heterocycles. The lowest BCUT2D eigenvalue weighted by Gasteiger charge is -2.30. The van der Waals surface area contributed by atoms with Crippen LogP contribution in [0.5, 0.6) is 0 Å². The highest BCUT2D eigenvalue weighted by Crippen LogP contribution is 2.10. The Balaban J connectivity index is 2.60. The average molecular weight is 226 g/mol. The van der Waals surface area contributed by atoms with Crippen molar-refractivity contribution in [3.05, 3.63) is 11.6 Å². The highest BCUT2D eigenvalue weighted by Gasteiger charge is 2.31. The van der Waals surface area contributed by atoms with Gasteiger partial charge in [-0.25, -0.2) is 9.59 Å². The van der Waals surface area contributed by atoms with E-state index < -0.39 is 11.5 Å². The first-order valence-corrected chi connectivity index (χ1v) is 5.29. The van der Waals surface area contributed by atoms with Crippen LogP contribution in [0.1, 0.15) is 27.2 Å². The zero-order valence-electron chi connectivity index (χ0n) is 9.91. The molecule has 1 aliphatic rings. The fourth-order valence-corrected chi connectivity index (χ4v) is 1.48. The molecule has 0 aromatic heterocycles. The summed E-state index contributed by atoms with van der Waals surface area (Å²) in [6.45, 7) is 6.11. The summed E-state index contributed by atoms with van der Waals surface area (Å²) in [5.41, 5.74) is -0.0962. The van der Waals surface area contributed by atoms with Crippen LogP contribution in [0.3, 0.4) is 0 Å². The van der Waals surface area contributed by atoms with Gasteiger partial charge in [-0.05, 0) is 27.2 Å². The minimum Gasteiger partial charge on any atom is -0.480 e. The van der Waals surface area contributed by atoms with Crippen molar-refractivity contribution in [1.82, 2.24) is 10.2 Å². The molecule has 0 aromatic rings. The van der Waals surface area contributed by atoms with Crippen LogP contribution in [0, 0.1) is 0 Å². The third-order valence-electron chi connectivity index (χ3n) is 2.57. The van der Waals surface area contributed by atoms with E-state index in [2.05, 4.69) is 11.4 Å². The Morgan fingerprint density at radius 2 is 2.12 bits per heavy atom. The smallest absolute Gasteiger partial charge is 0.328 e. The van der Waals surface area contributed by atoms with Crippen LogP contribution in [0.25, 0.3) is 0 Å². The topological polar surface area (TPSA) is 69.6 Å². The Morgan fingerprint density at radius 1 is 1.50 bits per heavy atom. The third kappa shape index (κ3) is 2.98. The molecule has 0 bridgehead atoms. The highest BCUT2D eigenvalue weighted by molar-refractivity contribution is 5.85. The maximum Gasteiger partial charge on any atom is 0.328 e. The number of rotatable bonds is 2. The van der Waals surface area contributed by atoms with Crippen molar-refractivity contribution < 1.29 is 14.7 Å². The molecule has 1 rings (SSSR count). The van der Waals surface area contributed by atoms with Gasteiger partial charge in [-0.2, -0.15) is 0 Å². The highest BCUT2D eigenvalue weighted by atomic mass is 16.4. The molecule has 0 unspecified atom stereocenters. The molecule has 5 nitrogen and oxygen atoms in total. The molecule has 0 aromatic carbocycles. The van der Waals surface area contributed by atoms with Crippen molar-refractivity contribution in [2.75, 3.05) is 13.1 Å². The first kappa shape index (κ1) is 12.5. The molecule has 5 heteroatoms. The second-order valence-corrected chi connectivity index (χ2v) is 4.62. The summed E-state index contributed by atoms with van der Waals surface area (Å²) in [7, 11) is 0. The number of carboxylic acid groups (broad SMARTS) is 1. The van der Waals surface area contributed by atoms with Gasteiger partial charge < -0.3 is 15.3 Å². The maximum atomic E-state index is 11.8. The number of hydrogen-bond acceptors (Lipinski definition) is 2. The van der Waals surface area contributed by atoms with E-state index >= 15 is 0 Å². The Hall–Kier alpha value is -1.52. The standard InChI is InChI=1S/C11H18N2O3/c1-8-5-4-6-13(7-8)10(16)12-11(2,3)9(14)15/h5H,4,6-7H2,1-3H3,(H,12,16)(H,14,15). The van der Waals surface area contributed by atoms with Crippen molar-refractivity contribution in [1.29, 1.82) is 0 Å². The lowest BCUT2D eigenvalue weighted by atomic mass is 10.1. The van der Waals surface area contributed by atoms with Gasteiger partial charge in [-0.1, -0.05) is 11.6 Å². The molecule has 2 N–H and O–H groups in total. The summed E-state index contributed by atoms with van der Waals surface area (Å²) in [6.07, 6.45) is 2.92. The predicted octanol–water partition coefficient (Wildman–Crippen LogP) is 1.21. The number of carbonyl (C=O) groups is 2. The van der Waals surface area contributed by atoms with E-state index in [0.717, 1.165) is 12.0 Å². The molecule has 0 saturated carbocycles. The van der Waals surface area contributed by atoms with Gasteiger partial charge in [0.05, 0.1) is 0 Å². The van der Waals surface area contributed by atoms with Gasteiger partial charge in [0.15, 0.2) is 0 Å². The Morgan fingerprint density at radius 3 is 2.62 bits per heavy atom. The van der Waals surface area contributed by atoms with E-state index in [9.17, 15) is 9.59 Å². The second-order valence-electron chi connectivity index (χ2n) is 4.62. The maximum absolute atomic E-state index is 11.8. The lowest BCUT2D eigenvalue weighted by molar-refractivity contribution is -0.143. The van der Waals surface area contributed by atoms with Crippen molar-refractivity contribution in [2.45, 2.75) is 32.7 Å². The van der Waals surface area contributed by atoms with Gasteiger partial charge in [0.2, 0.25) is 0 Å².